The van der Waals surface area contributed by atoms with Crippen molar-refractivity contribution in [2.75, 3.05) is 12.0 Å². The number of carbonyl (C=O) groups excluding carboxylic acids is 3. The molecule has 0 unspecified atom stereocenters. The van der Waals surface area contributed by atoms with Crippen molar-refractivity contribution in [1.82, 2.24) is 5.32 Å². The quantitative estimate of drug-likeness (QED) is 0.238. The van der Waals surface area contributed by atoms with E-state index >= 15 is 0 Å². The van der Waals surface area contributed by atoms with Gasteiger partial charge in [-0.2, -0.15) is 5.26 Å². The molecule has 0 bridgehead atoms. The van der Waals surface area contributed by atoms with Gasteiger partial charge in [-0.05, 0) is 60.4 Å². The molecule has 1 aliphatic rings. The van der Waals surface area contributed by atoms with E-state index in [4.69, 9.17) is 9.47 Å². The second-order valence-electron chi connectivity index (χ2n) is 8.74. The first kappa shape index (κ1) is 26.9. The zero-order valence-corrected chi connectivity index (χ0v) is 21.7. The highest BCUT2D eigenvalue weighted by Gasteiger charge is 2.36. The number of rotatable bonds is 9. The van der Waals surface area contributed by atoms with E-state index in [0.29, 0.717) is 40.3 Å². The monoisotopic (exact) mass is 521 g/mol. The molecule has 0 saturated carbocycles. The van der Waals surface area contributed by atoms with Crippen LogP contribution in [0, 0.1) is 11.3 Å². The van der Waals surface area contributed by atoms with Crippen LogP contribution in [0.4, 0.5) is 10.5 Å². The summed E-state index contributed by atoms with van der Waals surface area (Å²) in [5.74, 6) is -0.684. The number of nitrogens with one attached hydrogen (secondary N) is 1. The van der Waals surface area contributed by atoms with E-state index in [2.05, 4.69) is 18.0 Å². The van der Waals surface area contributed by atoms with Crippen LogP contribution in [0.5, 0.6) is 11.5 Å². The normalized spacial score (nSPS) is 14.1. The van der Waals surface area contributed by atoms with Crippen molar-refractivity contribution in [3.8, 4) is 17.6 Å². The number of hydrogen-bond acceptors (Lipinski definition) is 6. The molecule has 0 aliphatic carbocycles. The number of hydrogen-bond donors (Lipinski definition) is 1. The second kappa shape index (κ2) is 11.9. The van der Waals surface area contributed by atoms with Crippen LogP contribution < -0.4 is 19.7 Å². The Kier molecular flexibility index (Phi) is 8.22. The fourth-order valence-corrected chi connectivity index (χ4v) is 4.23. The fourth-order valence-electron chi connectivity index (χ4n) is 4.23. The van der Waals surface area contributed by atoms with Crippen LogP contribution in [-0.4, -0.2) is 25.0 Å². The van der Waals surface area contributed by atoms with Crippen LogP contribution in [0.15, 0.2) is 78.9 Å². The second-order valence-corrected chi connectivity index (χ2v) is 8.74. The number of barbiturate groups is 1. The molecule has 8 nitrogen and oxygen atoms in total. The number of nitriles is 1. The maximum Gasteiger partial charge on any atom is 0.335 e. The predicted molar refractivity (Wildman–Crippen MR) is 147 cm³/mol. The van der Waals surface area contributed by atoms with Crippen molar-refractivity contribution in [2.45, 2.75) is 26.4 Å². The molecule has 0 aromatic heterocycles. The van der Waals surface area contributed by atoms with Crippen LogP contribution in [0.25, 0.3) is 6.08 Å². The zero-order valence-electron chi connectivity index (χ0n) is 21.7. The third kappa shape index (κ3) is 5.73. The summed E-state index contributed by atoms with van der Waals surface area (Å²) in [6.45, 7) is 5.96. The largest absolute Gasteiger partial charge is 0.493 e. The van der Waals surface area contributed by atoms with Gasteiger partial charge in [-0.1, -0.05) is 43.3 Å². The number of ether oxygens (including phenoxy) is 2. The molecule has 1 saturated heterocycles. The van der Waals surface area contributed by atoms with Gasteiger partial charge in [-0.25, -0.2) is 9.69 Å². The lowest BCUT2D eigenvalue weighted by molar-refractivity contribution is -0.122. The van der Waals surface area contributed by atoms with E-state index in [1.54, 1.807) is 42.5 Å². The Morgan fingerprint density at radius 1 is 1.05 bits per heavy atom. The maximum absolute atomic E-state index is 13.3. The third-order valence-corrected chi connectivity index (χ3v) is 6.26. The summed E-state index contributed by atoms with van der Waals surface area (Å²) < 4.78 is 11.7. The van der Waals surface area contributed by atoms with Crippen molar-refractivity contribution in [3.05, 3.63) is 107 Å². The third-order valence-electron chi connectivity index (χ3n) is 6.26. The maximum atomic E-state index is 13.3. The Bertz CT molecular complexity index is 1520. The summed E-state index contributed by atoms with van der Waals surface area (Å²) in [7, 11) is 1.48. The molecule has 4 amide bonds. The van der Waals surface area contributed by atoms with Gasteiger partial charge in [0.15, 0.2) is 11.5 Å². The van der Waals surface area contributed by atoms with Crippen molar-refractivity contribution >= 4 is 29.6 Å². The number of carbonyl (C=O) groups is 3. The van der Waals surface area contributed by atoms with Crippen molar-refractivity contribution < 1.29 is 23.9 Å². The first-order valence-electron chi connectivity index (χ1n) is 12.3. The summed E-state index contributed by atoms with van der Waals surface area (Å²) in [5, 5.41) is 11.6. The molecule has 0 radical (unpaired) electrons. The number of benzene rings is 3. The Balaban J connectivity index is 1.70. The van der Waals surface area contributed by atoms with Crippen LogP contribution in [0.3, 0.4) is 0 Å². The molecule has 196 valence electrons. The van der Waals surface area contributed by atoms with E-state index in [0.717, 1.165) is 22.4 Å². The molecule has 8 heteroatoms. The van der Waals surface area contributed by atoms with Gasteiger partial charge in [0.05, 0.1) is 24.4 Å². The smallest absolute Gasteiger partial charge is 0.335 e. The number of nitrogens with zero attached hydrogens (tertiary/aromatic N) is 2. The summed E-state index contributed by atoms with van der Waals surface area (Å²) in [5.41, 5.74) is 3.65. The van der Waals surface area contributed by atoms with Gasteiger partial charge in [-0.15, -0.1) is 6.58 Å². The summed E-state index contributed by atoms with van der Waals surface area (Å²) in [6.07, 6.45) is 4.34. The topological polar surface area (TPSA) is 109 Å². The Morgan fingerprint density at radius 3 is 2.46 bits per heavy atom. The van der Waals surface area contributed by atoms with E-state index in [1.165, 1.54) is 13.2 Å². The average molecular weight is 522 g/mol. The zero-order chi connectivity index (χ0) is 27.9. The van der Waals surface area contributed by atoms with Gasteiger partial charge >= 0.3 is 6.03 Å². The van der Waals surface area contributed by atoms with Gasteiger partial charge in [0.25, 0.3) is 11.8 Å². The highest BCUT2D eigenvalue weighted by Crippen LogP contribution is 2.35. The number of anilines is 1. The highest BCUT2D eigenvalue weighted by atomic mass is 16.5. The van der Waals surface area contributed by atoms with Gasteiger partial charge in [0, 0.05) is 11.1 Å². The van der Waals surface area contributed by atoms with E-state index in [1.807, 2.05) is 31.2 Å². The van der Waals surface area contributed by atoms with E-state index in [-0.39, 0.29) is 12.2 Å². The van der Waals surface area contributed by atoms with E-state index < -0.39 is 17.8 Å². The minimum Gasteiger partial charge on any atom is -0.493 e. The SMILES string of the molecule is C=CCc1cc(/C=C2/C(=O)NC(=O)N(c3ccc(CC)cc3)C2=O)cc(OC)c1OCc1ccccc1C#N. The summed E-state index contributed by atoms with van der Waals surface area (Å²) in [6, 6.07) is 18.9. The van der Waals surface area contributed by atoms with Gasteiger partial charge in [-0.3, -0.25) is 14.9 Å². The molecule has 1 fully saturated rings. The molecule has 4 rings (SSSR count). The first-order valence-corrected chi connectivity index (χ1v) is 12.3. The van der Waals surface area contributed by atoms with Crippen molar-refractivity contribution in [2.24, 2.45) is 0 Å². The lowest BCUT2D eigenvalue weighted by atomic mass is 10.0. The predicted octanol–water partition coefficient (Wildman–Crippen LogP) is 5.10. The average Bonchev–Trinajstić information content (AvgIpc) is 2.95. The molecule has 3 aromatic carbocycles. The Labute approximate surface area is 226 Å². The summed E-state index contributed by atoms with van der Waals surface area (Å²) in [4.78, 5) is 39.5. The first-order chi connectivity index (χ1) is 18.9. The molecule has 1 N–H and O–H groups in total. The lowest BCUT2D eigenvalue weighted by Gasteiger charge is -2.26. The van der Waals surface area contributed by atoms with Crippen LogP contribution in [0.2, 0.25) is 0 Å². The molecule has 1 heterocycles. The number of urea groups is 1. The van der Waals surface area contributed by atoms with Gasteiger partial charge in [0.1, 0.15) is 12.2 Å². The molecular formula is C31H27N3O5. The lowest BCUT2D eigenvalue weighted by Crippen LogP contribution is -2.54. The standard InChI is InChI=1S/C31H27N3O5/c1-4-8-22-15-21(17-27(38-3)28(22)39-19-24-10-7-6-9-23(24)18-32)16-26-29(35)33-31(37)34(30(26)36)25-13-11-20(5-2)12-14-25/h4,6-7,9-17H,1,5,8,19H2,2-3H3,(H,33,35,37)/b26-16-. The minimum absolute atomic E-state index is 0.138. The fraction of sp³-hybridized carbons (Fsp3) is 0.161. The minimum atomic E-state index is -0.808. The highest BCUT2D eigenvalue weighted by molar-refractivity contribution is 6.39. The molecule has 1 aliphatic heterocycles. The van der Waals surface area contributed by atoms with E-state index in [9.17, 15) is 19.6 Å². The van der Waals surface area contributed by atoms with Crippen LogP contribution in [-0.2, 0) is 29.0 Å². The van der Waals surface area contributed by atoms with Crippen LogP contribution in [0.1, 0.15) is 34.7 Å². The van der Waals surface area contributed by atoms with Crippen molar-refractivity contribution in [3.63, 3.8) is 0 Å². The summed E-state index contributed by atoms with van der Waals surface area (Å²) >= 11 is 0. The molecule has 3 aromatic rings. The number of aryl methyl sites for hydroxylation is 1. The van der Waals surface area contributed by atoms with Gasteiger partial charge in [0.2, 0.25) is 0 Å². The number of methoxy groups -OCH3 is 1. The Hall–Kier alpha value is -5.16. The number of allylic oxidation sites excluding steroid dienone is 1. The molecule has 39 heavy (non-hydrogen) atoms. The van der Waals surface area contributed by atoms with Crippen molar-refractivity contribution in [1.29, 1.82) is 5.26 Å². The number of amides is 4. The van der Waals surface area contributed by atoms with Gasteiger partial charge < -0.3 is 9.47 Å². The number of imide groups is 2. The molecule has 0 atom stereocenters. The van der Waals surface area contributed by atoms with Crippen LogP contribution >= 0.6 is 0 Å². The Morgan fingerprint density at radius 2 is 1.79 bits per heavy atom. The molecule has 0 spiro atoms. The molecular weight excluding hydrogens is 494 g/mol.